The van der Waals surface area contributed by atoms with Crippen molar-refractivity contribution in [3.05, 3.63) is 11.3 Å². The molecular weight excluding hydrogens is 174 g/mol. The van der Waals surface area contributed by atoms with Gasteiger partial charge in [-0.1, -0.05) is 0 Å². The summed E-state index contributed by atoms with van der Waals surface area (Å²) in [6.07, 6.45) is 0. The van der Waals surface area contributed by atoms with E-state index in [4.69, 9.17) is 10.2 Å². The van der Waals surface area contributed by atoms with E-state index in [1.54, 1.807) is 13.8 Å². The van der Waals surface area contributed by atoms with E-state index in [1.165, 1.54) is 4.90 Å². The number of aliphatic carboxylic acids is 1. The minimum Gasteiger partial charge on any atom is -0.503 e. The third-order valence-corrected chi connectivity index (χ3v) is 1.96. The fourth-order valence-electron chi connectivity index (χ4n) is 1.17. The van der Waals surface area contributed by atoms with Gasteiger partial charge in [0.2, 0.25) is 0 Å². The van der Waals surface area contributed by atoms with Crippen LogP contribution in [0.5, 0.6) is 0 Å². The monoisotopic (exact) mass is 185 g/mol. The lowest BCUT2D eigenvalue weighted by Gasteiger charge is -2.19. The van der Waals surface area contributed by atoms with Crippen LogP contribution < -0.4 is 0 Å². The molecule has 1 amide bonds. The summed E-state index contributed by atoms with van der Waals surface area (Å²) in [5.41, 5.74) is -0.223. The highest BCUT2D eigenvalue weighted by molar-refractivity contribution is 6.04. The van der Waals surface area contributed by atoms with Gasteiger partial charge in [-0.3, -0.25) is 4.79 Å². The fraction of sp³-hybridized carbons (Fsp3) is 0.500. The molecule has 0 spiro atoms. The van der Waals surface area contributed by atoms with Crippen molar-refractivity contribution >= 4 is 11.9 Å². The number of aliphatic hydroxyl groups is 1. The average molecular weight is 185 g/mol. The molecule has 0 atom stereocenters. The van der Waals surface area contributed by atoms with Crippen LogP contribution in [-0.2, 0) is 9.59 Å². The van der Waals surface area contributed by atoms with Gasteiger partial charge >= 0.3 is 5.97 Å². The lowest BCUT2D eigenvalue weighted by Crippen LogP contribution is -2.34. The second kappa shape index (κ2) is 3.08. The molecule has 0 fully saturated rings. The summed E-state index contributed by atoms with van der Waals surface area (Å²) < 4.78 is 0. The predicted molar refractivity (Wildman–Crippen MR) is 44.1 cm³/mol. The molecule has 0 saturated heterocycles. The van der Waals surface area contributed by atoms with E-state index in [2.05, 4.69) is 0 Å². The van der Waals surface area contributed by atoms with Crippen LogP contribution in [0.15, 0.2) is 11.3 Å². The van der Waals surface area contributed by atoms with Crippen molar-refractivity contribution in [1.82, 2.24) is 4.90 Å². The Labute approximate surface area is 75.3 Å². The molecule has 0 aliphatic carbocycles. The third kappa shape index (κ3) is 1.49. The Bertz CT molecular complexity index is 293. The molecule has 0 saturated carbocycles. The first kappa shape index (κ1) is 9.57. The highest BCUT2D eigenvalue weighted by Gasteiger charge is 2.34. The number of carbonyl (C=O) groups is 2. The van der Waals surface area contributed by atoms with Gasteiger partial charge in [0.25, 0.3) is 5.91 Å². The number of amides is 1. The van der Waals surface area contributed by atoms with Crippen LogP contribution >= 0.6 is 0 Å². The maximum absolute atomic E-state index is 11.2. The van der Waals surface area contributed by atoms with Crippen LogP contribution in [-0.4, -0.2) is 39.6 Å². The minimum absolute atomic E-state index is 0.0162. The maximum atomic E-state index is 11.2. The molecule has 0 aromatic rings. The first-order valence-corrected chi connectivity index (χ1v) is 3.91. The van der Waals surface area contributed by atoms with Gasteiger partial charge in [0.1, 0.15) is 5.57 Å². The first-order chi connectivity index (χ1) is 5.95. The number of carboxylic acids is 1. The van der Waals surface area contributed by atoms with Crippen molar-refractivity contribution < 1.29 is 19.8 Å². The number of aliphatic hydroxyl groups excluding tert-OH is 1. The standard InChI is InChI=1S/C8H11NO4/c1-4(2)9-3-5(8(12)13)6(10)7(9)11/h4,10H,3H2,1-2H3,(H,12,13). The summed E-state index contributed by atoms with van der Waals surface area (Å²) in [5.74, 6) is -2.48. The topological polar surface area (TPSA) is 77.8 Å². The van der Waals surface area contributed by atoms with Gasteiger partial charge in [-0.05, 0) is 13.8 Å². The summed E-state index contributed by atoms with van der Waals surface area (Å²) in [6.45, 7) is 3.50. The largest absolute Gasteiger partial charge is 0.503 e. The van der Waals surface area contributed by atoms with Crippen LogP contribution in [0.2, 0.25) is 0 Å². The van der Waals surface area contributed by atoms with E-state index >= 15 is 0 Å². The quantitative estimate of drug-likeness (QED) is 0.641. The van der Waals surface area contributed by atoms with E-state index in [0.29, 0.717) is 0 Å². The second-order valence-electron chi connectivity index (χ2n) is 3.16. The molecule has 0 bridgehead atoms. The highest BCUT2D eigenvalue weighted by Crippen LogP contribution is 2.19. The Morgan fingerprint density at radius 1 is 1.54 bits per heavy atom. The Kier molecular flexibility index (Phi) is 2.27. The smallest absolute Gasteiger partial charge is 0.337 e. The minimum atomic E-state index is -1.24. The van der Waals surface area contributed by atoms with Gasteiger partial charge in [0.05, 0.1) is 6.54 Å². The molecule has 1 aliphatic heterocycles. The molecule has 0 aromatic carbocycles. The molecule has 0 radical (unpaired) electrons. The third-order valence-electron chi connectivity index (χ3n) is 1.96. The van der Waals surface area contributed by atoms with Crippen molar-refractivity contribution in [1.29, 1.82) is 0 Å². The van der Waals surface area contributed by atoms with E-state index in [-0.39, 0.29) is 18.2 Å². The zero-order chi connectivity index (χ0) is 10.2. The van der Waals surface area contributed by atoms with Crippen LogP contribution in [0, 0.1) is 0 Å². The predicted octanol–water partition coefficient (Wildman–Crippen LogP) is 0.134. The molecular formula is C8H11NO4. The Morgan fingerprint density at radius 3 is 2.31 bits per heavy atom. The van der Waals surface area contributed by atoms with Crippen molar-refractivity contribution in [2.75, 3.05) is 6.54 Å². The number of rotatable bonds is 2. The van der Waals surface area contributed by atoms with Crippen LogP contribution in [0.4, 0.5) is 0 Å². The SMILES string of the molecule is CC(C)N1CC(C(=O)O)=C(O)C1=O. The molecule has 13 heavy (non-hydrogen) atoms. The van der Waals surface area contributed by atoms with E-state index in [9.17, 15) is 9.59 Å². The Hall–Kier alpha value is -1.52. The van der Waals surface area contributed by atoms with Crippen molar-refractivity contribution in [3.63, 3.8) is 0 Å². The van der Waals surface area contributed by atoms with E-state index in [0.717, 1.165) is 0 Å². The molecule has 72 valence electrons. The number of hydrogen-bond donors (Lipinski definition) is 2. The zero-order valence-corrected chi connectivity index (χ0v) is 7.44. The van der Waals surface area contributed by atoms with Gasteiger partial charge in [0, 0.05) is 6.04 Å². The van der Waals surface area contributed by atoms with Gasteiger partial charge in [0.15, 0.2) is 5.76 Å². The number of carbonyl (C=O) groups excluding carboxylic acids is 1. The van der Waals surface area contributed by atoms with Crippen molar-refractivity contribution in [3.8, 4) is 0 Å². The van der Waals surface area contributed by atoms with Crippen LogP contribution in [0.25, 0.3) is 0 Å². The molecule has 1 rings (SSSR count). The van der Waals surface area contributed by atoms with Gasteiger partial charge in [-0.2, -0.15) is 0 Å². The van der Waals surface area contributed by atoms with Crippen molar-refractivity contribution in [2.45, 2.75) is 19.9 Å². The number of hydrogen-bond acceptors (Lipinski definition) is 3. The van der Waals surface area contributed by atoms with Gasteiger partial charge < -0.3 is 15.1 Å². The lowest BCUT2D eigenvalue weighted by molar-refractivity contribution is -0.133. The molecule has 0 aromatic heterocycles. The first-order valence-electron chi connectivity index (χ1n) is 3.91. The van der Waals surface area contributed by atoms with Crippen molar-refractivity contribution in [2.24, 2.45) is 0 Å². The Balaban J connectivity index is 2.93. The molecule has 2 N–H and O–H groups in total. The van der Waals surface area contributed by atoms with Gasteiger partial charge in [-0.25, -0.2) is 4.79 Å². The number of carboxylic acid groups (broad SMARTS) is 1. The maximum Gasteiger partial charge on any atom is 0.337 e. The summed E-state index contributed by atoms with van der Waals surface area (Å²) in [5, 5.41) is 17.8. The summed E-state index contributed by atoms with van der Waals surface area (Å²) in [7, 11) is 0. The van der Waals surface area contributed by atoms with E-state index in [1.807, 2.05) is 0 Å². The summed E-state index contributed by atoms with van der Waals surface area (Å²) in [6, 6.07) is -0.105. The Morgan fingerprint density at radius 2 is 2.08 bits per heavy atom. The second-order valence-corrected chi connectivity index (χ2v) is 3.16. The lowest BCUT2D eigenvalue weighted by atomic mass is 10.2. The summed E-state index contributed by atoms with van der Waals surface area (Å²) in [4.78, 5) is 23.0. The van der Waals surface area contributed by atoms with Gasteiger partial charge in [-0.15, -0.1) is 0 Å². The molecule has 5 heteroatoms. The highest BCUT2D eigenvalue weighted by atomic mass is 16.4. The molecule has 0 unspecified atom stereocenters. The summed E-state index contributed by atoms with van der Waals surface area (Å²) >= 11 is 0. The van der Waals surface area contributed by atoms with E-state index < -0.39 is 17.6 Å². The average Bonchev–Trinajstić information content (AvgIpc) is 2.29. The molecule has 5 nitrogen and oxygen atoms in total. The number of nitrogens with zero attached hydrogens (tertiary/aromatic N) is 1. The fourth-order valence-corrected chi connectivity index (χ4v) is 1.17. The van der Waals surface area contributed by atoms with Crippen LogP contribution in [0.3, 0.4) is 0 Å². The van der Waals surface area contributed by atoms with Crippen LogP contribution in [0.1, 0.15) is 13.8 Å². The molecule has 1 aliphatic rings. The molecule has 1 heterocycles. The normalized spacial score (nSPS) is 17.5. The zero-order valence-electron chi connectivity index (χ0n) is 7.44.